The third-order valence-electron chi connectivity index (χ3n) is 4.35. The molecule has 1 unspecified atom stereocenters. The molecule has 1 atom stereocenters. The number of nitrogens with zero attached hydrogens (tertiary/aromatic N) is 1. The molecule has 5 heteroatoms. The van der Waals surface area contributed by atoms with Crippen LogP contribution < -0.4 is 16.0 Å². The average Bonchev–Trinajstić information content (AvgIpc) is 3.29. The van der Waals surface area contributed by atoms with Crippen LogP contribution >= 0.6 is 15.9 Å². The quantitative estimate of drug-likeness (QED) is 0.856. The third kappa shape index (κ3) is 3.77. The Balaban J connectivity index is 1.67. The number of halogens is 1. The molecule has 1 aromatic carbocycles. The molecule has 0 spiro atoms. The summed E-state index contributed by atoms with van der Waals surface area (Å²) < 4.78 is 1.10. The van der Waals surface area contributed by atoms with Crippen molar-refractivity contribution in [3.63, 3.8) is 0 Å². The van der Waals surface area contributed by atoms with Gasteiger partial charge in [0.2, 0.25) is 5.91 Å². The zero-order valence-corrected chi connectivity index (χ0v) is 13.7. The van der Waals surface area contributed by atoms with E-state index in [9.17, 15) is 4.79 Å². The van der Waals surface area contributed by atoms with Gasteiger partial charge in [-0.3, -0.25) is 4.79 Å². The number of nitrogens with one attached hydrogen (secondary N) is 1. The summed E-state index contributed by atoms with van der Waals surface area (Å²) in [5.41, 5.74) is 7.91. The van der Waals surface area contributed by atoms with Gasteiger partial charge >= 0.3 is 0 Å². The lowest BCUT2D eigenvalue weighted by atomic mass is 9.97. The van der Waals surface area contributed by atoms with Crippen LogP contribution in [0, 0.1) is 5.92 Å². The fourth-order valence-electron chi connectivity index (χ4n) is 2.89. The number of piperidine rings is 1. The Hall–Kier alpha value is -1.07. The summed E-state index contributed by atoms with van der Waals surface area (Å²) in [6.07, 6.45) is 4.54. The third-order valence-corrected chi connectivity index (χ3v) is 4.98. The van der Waals surface area contributed by atoms with E-state index in [1.165, 1.54) is 18.4 Å². The molecule has 4 nitrogen and oxygen atoms in total. The minimum atomic E-state index is -0.180. The summed E-state index contributed by atoms with van der Waals surface area (Å²) in [7, 11) is 0. The molecule has 1 aromatic rings. The lowest BCUT2D eigenvalue weighted by Gasteiger charge is -2.33. The van der Waals surface area contributed by atoms with Crippen molar-refractivity contribution in [1.82, 2.24) is 5.32 Å². The second kappa shape index (κ2) is 6.36. The summed E-state index contributed by atoms with van der Waals surface area (Å²) in [5.74, 6) is -0.206. The molecule has 0 bridgehead atoms. The van der Waals surface area contributed by atoms with Gasteiger partial charge in [-0.15, -0.1) is 0 Å². The Morgan fingerprint density at radius 1 is 1.38 bits per heavy atom. The summed E-state index contributed by atoms with van der Waals surface area (Å²) in [5, 5.41) is 3.53. The number of amides is 1. The SMILES string of the molecule is NC(=O)C1CCCN(c2ccc(CNC3CC3)cc2Br)C1. The fraction of sp³-hybridized carbons (Fsp3) is 0.562. The van der Waals surface area contributed by atoms with Gasteiger partial charge in [-0.25, -0.2) is 0 Å². The van der Waals surface area contributed by atoms with Gasteiger partial charge in [-0.05, 0) is 59.3 Å². The molecule has 1 saturated heterocycles. The highest BCUT2D eigenvalue weighted by Gasteiger charge is 2.25. The minimum Gasteiger partial charge on any atom is -0.370 e. The predicted molar refractivity (Wildman–Crippen MR) is 88.1 cm³/mol. The van der Waals surface area contributed by atoms with Crippen LogP contribution in [0.3, 0.4) is 0 Å². The van der Waals surface area contributed by atoms with Crippen LogP contribution in [-0.4, -0.2) is 25.0 Å². The van der Waals surface area contributed by atoms with Crippen LogP contribution in [0.15, 0.2) is 22.7 Å². The summed E-state index contributed by atoms with van der Waals surface area (Å²) in [6.45, 7) is 2.64. The Labute approximate surface area is 134 Å². The van der Waals surface area contributed by atoms with E-state index in [2.05, 4.69) is 44.3 Å². The van der Waals surface area contributed by atoms with Gasteiger partial charge in [0.1, 0.15) is 0 Å². The molecule has 1 aliphatic carbocycles. The van der Waals surface area contributed by atoms with Crippen LogP contribution in [0.25, 0.3) is 0 Å². The monoisotopic (exact) mass is 351 g/mol. The molecule has 3 rings (SSSR count). The molecule has 114 valence electrons. The van der Waals surface area contributed by atoms with Gasteiger partial charge in [0.25, 0.3) is 0 Å². The number of anilines is 1. The molecule has 2 fully saturated rings. The van der Waals surface area contributed by atoms with Crippen LogP contribution in [0.5, 0.6) is 0 Å². The van der Waals surface area contributed by atoms with E-state index in [1.807, 2.05) is 0 Å². The van der Waals surface area contributed by atoms with E-state index < -0.39 is 0 Å². The van der Waals surface area contributed by atoms with Crippen LogP contribution in [0.4, 0.5) is 5.69 Å². The van der Waals surface area contributed by atoms with Gasteiger partial charge in [-0.2, -0.15) is 0 Å². The maximum atomic E-state index is 11.4. The smallest absolute Gasteiger partial charge is 0.222 e. The molecule has 2 aliphatic rings. The van der Waals surface area contributed by atoms with Crippen molar-refractivity contribution in [2.75, 3.05) is 18.0 Å². The number of benzene rings is 1. The van der Waals surface area contributed by atoms with Crippen molar-refractivity contribution in [1.29, 1.82) is 0 Å². The fourth-order valence-corrected chi connectivity index (χ4v) is 3.57. The zero-order chi connectivity index (χ0) is 14.8. The van der Waals surface area contributed by atoms with Crippen molar-refractivity contribution < 1.29 is 4.79 Å². The normalized spacial score (nSPS) is 22.3. The zero-order valence-electron chi connectivity index (χ0n) is 12.1. The number of rotatable bonds is 5. The molecule has 0 radical (unpaired) electrons. The van der Waals surface area contributed by atoms with Gasteiger partial charge in [0.05, 0.1) is 11.6 Å². The second-order valence-electron chi connectivity index (χ2n) is 6.13. The number of nitrogens with two attached hydrogens (primary N) is 1. The minimum absolute atomic E-state index is 0.0261. The van der Waals surface area contributed by atoms with E-state index in [0.29, 0.717) is 0 Å². The predicted octanol–water partition coefficient (Wildman–Crippen LogP) is 2.40. The molecular weight excluding hydrogens is 330 g/mol. The largest absolute Gasteiger partial charge is 0.370 e. The van der Waals surface area contributed by atoms with Gasteiger partial charge in [0.15, 0.2) is 0 Å². The Kier molecular flexibility index (Phi) is 4.50. The lowest BCUT2D eigenvalue weighted by molar-refractivity contribution is -0.122. The number of carbonyl (C=O) groups is 1. The highest BCUT2D eigenvalue weighted by molar-refractivity contribution is 9.10. The van der Waals surface area contributed by atoms with Gasteiger partial charge in [-0.1, -0.05) is 6.07 Å². The Morgan fingerprint density at radius 3 is 2.86 bits per heavy atom. The van der Waals surface area contributed by atoms with Crippen molar-refractivity contribution >= 4 is 27.5 Å². The average molecular weight is 352 g/mol. The highest BCUT2D eigenvalue weighted by atomic mass is 79.9. The van der Waals surface area contributed by atoms with Crippen molar-refractivity contribution in [2.45, 2.75) is 38.3 Å². The number of hydrogen-bond acceptors (Lipinski definition) is 3. The molecule has 1 saturated carbocycles. The standard InChI is InChI=1S/C16H22BrN3O/c17-14-8-11(9-19-13-4-5-13)3-6-15(14)20-7-1-2-12(10-20)16(18)21/h3,6,8,12-13,19H,1-2,4-5,7,9-10H2,(H2,18,21). The van der Waals surface area contributed by atoms with Crippen molar-refractivity contribution in [2.24, 2.45) is 11.7 Å². The first-order chi connectivity index (χ1) is 10.1. The van der Waals surface area contributed by atoms with E-state index in [1.54, 1.807) is 0 Å². The maximum Gasteiger partial charge on any atom is 0.222 e. The van der Waals surface area contributed by atoms with E-state index in [0.717, 1.165) is 48.7 Å². The topological polar surface area (TPSA) is 58.4 Å². The molecule has 1 aliphatic heterocycles. The molecule has 0 aromatic heterocycles. The number of carbonyl (C=O) groups excluding carboxylic acids is 1. The first kappa shape index (κ1) is 14.9. The molecular formula is C16H22BrN3O. The molecule has 21 heavy (non-hydrogen) atoms. The first-order valence-electron chi connectivity index (χ1n) is 7.69. The van der Waals surface area contributed by atoms with Crippen molar-refractivity contribution in [3.05, 3.63) is 28.2 Å². The second-order valence-corrected chi connectivity index (χ2v) is 6.98. The number of hydrogen-bond donors (Lipinski definition) is 2. The molecule has 1 amide bonds. The van der Waals surface area contributed by atoms with E-state index in [-0.39, 0.29) is 11.8 Å². The highest BCUT2D eigenvalue weighted by Crippen LogP contribution is 2.31. The van der Waals surface area contributed by atoms with Crippen LogP contribution in [0.2, 0.25) is 0 Å². The molecule has 3 N–H and O–H groups in total. The van der Waals surface area contributed by atoms with E-state index >= 15 is 0 Å². The Morgan fingerprint density at radius 2 is 2.19 bits per heavy atom. The van der Waals surface area contributed by atoms with E-state index in [4.69, 9.17) is 5.73 Å². The van der Waals surface area contributed by atoms with Crippen LogP contribution in [-0.2, 0) is 11.3 Å². The first-order valence-corrected chi connectivity index (χ1v) is 8.49. The van der Waals surface area contributed by atoms with Crippen LogP contribution in [0.1, 0.15) is 31.2 Å². The lowest BCUT2D eigenvalue weighted by Crippen LogP contribution is -2.41. The van der Waals surface area contributed by atoms with Gasteiger partial charge in [0, 0.05) is 30.1 Å². The Bertz CT molecular complexity index is 530. The maximum absolute atomic E-state index is 11.4. The van der Waals surface area contributed by atoms with Gasteiger partial charge < -0.3 is 16.0 Å². The molecule has 1 heterocycles. The number of primary amides is 1. The summed E-state index contributed by atoms with van der Waals surface area (Å²) >= 11 is 3.68. The summed E-state index contributed by atoms with van der Waals surface area (Å²) in [4.78, 5) is 13.7. The summed E-state index contributed by atoms with van der Waals surface area (Å²) in [6, 6.07) is 7.22. The van der Waals surface area contributed by atoms with Crippen molar-refractivity contribution in [3.8, 4) is 0 Å².